The van der Waals surface area contributed by atoms with Gasteiger partial charge in [-0.3, -0.25) is 14.3 Å². The van der Waals surface area contributed by atoms with Crippen molar-refractivity contribution in [3.8, 4) is 0 Å². The van der Waals surface area contributed by atoms with Crippen molar-refractivity contribution in [1.29, 1.82) is 0 Å². The van der Waals surface area contributed by atoms with Crippen LogP contribution in [0.25, 0.3) is 0 Å². The lowest BCUT2D eigenvalue weighted by molar-refractivity contribution is -0.138. The van der Waals surface area contributed by atoms with Gasteiger partial charge in [-0.25, -0.2) is 18.1 Å². The van der Waals surface area contributed by atoms with E-state index in [9.17, 15) is 18.0 Å². The van der Waals surface area contributed by atoms with Gasteiger partial charge in [0, 0.05) is 44.7 Å². The topological polar surface area (TPSA) is 118 Å². The van der Waals surface area contributed by atoms with Gasteiger partial charge in [-0.1, -0.05) is 23.7 Å². The Morgan fingerprint density at radius 1 is 1.11 bits per heavy atom. The summed E-state index contributed by atoms with van der Waals surface area (Å²) in [7, 11) is -3.60. The number of aromatic nitrogens is 3. The zero-order valence-electron chi connectivity index (χ0n) is 21.3. The summed E-state index contributed by atoms with van der Waals surface area (Å²) in [6.45, 7) is 4.86. The van der Waals surface area contributed by atoms with Crippen molar-refractivity contribution in [1.82, 2.24) is 29.3 Å². The number of halogens is 1. The predicted molar refractivity (Wildman–Crippen MR) is 140 cm³/mol. The van der Waals surface area contributed by atoms with E-state index in [1.807, 2.05) is 9.58 Å². The zero-order valence-corrected chi connectivity index (χ0v) is 22.9. The monoisotopic (exact) mass is 550 g/mol. The number of carbonyl (C=O) groups is 2. The number of hydrogen-bond donors (Lipinski definition) is 1. The first-order valence-electron chi connectivity index (χ1n) is 12.6. The molecule has 0 radical (unpaired) electrons. The second kappa shape index (κ2) is 11.5. The van der Waals surface area contributed by atoms with Crippen LogP contribution in [0.15, 0.2) is 36.9 Å². The molecule has 3 heterocycles. The number of nitrogens with one attached hydrogen (secondary N) is 1. The first-order valence-corrected chi connectivity index (χ1v) is 14.9. The van der Waals surface area contributed by atoms with Gasteiger partial charge in [0.05, 0.1) is 6.26 Å². The van der Waals surface area contributed by atoms with Crippen molar-refractivity contribution in [2.24, 2.45) is 11.3 Å². The molecular formula is C25H35ClN6O4S. The minimum Gasteiger partial charge on any atom is -0.343 e. The fourth-order valence-electron chi connectivity index (χ4n) is 5.83. The largest absolute Gasteiger partial charge is 0.343 e. The van der Waals surface area contributed by atoms with Crippen LogP contribution in [0.5, 0.6) is 0 Å². The maximum Gasteiger partial charge on any atom is 0.241 e. The second-order valence-electron chi connectivity index (χ2n) is 10.3. The number of sulfonamides is 1. The van der Waals surface area contributed by atoms with Gasteiger partial charge in [-0.2, -0.15) is 5.10 Å². The van der Waals surface area contributed by atoms with E-state index in [1.165, 1.54) is 6.33 Å². The van der Waals surface area contributed by atoms with E-state index in [1.54, 1.807) is 42.4 Å². The minimum atomic E-state index is -3.60. The molecule has 1 N–H and O–H groups in total. The first-order chi connectivity index (χ1) is 17.5. The molecular weight excluding hydrogens is 516 g/mol. The van der Waals surface area contributed by atoms with Crippen molar-refractivity contribution in [3.63, 3.8) is 0 Å². The zero-order chi connectivity index (χ0) is 26.6. The average molecular weight is 551 g/mol. The van der Waals surface area contributed by atoms with E-state index < -0.39 is 16.1 Å². The van der Waals surface area contributed by atoms with Crippen molar-refractivity contribution < 1.29 is 18.0 Å². The van der Waals surface area contributed by atoms with Gasteiger partial charge in [0.1, 0.15) is 18.7 Å². The summed E-state index contributed by atoms with van der Waals surface area (Å²) in [6, 6.07) is 6.18. The summed E-state index contributed by atoms with van der Waals surface area (Å²) in [5, 5.41) is 4.92. The van der Waals surface area contributed by atoms with Gasteiger partial charge in [0.2, 0.25) is 21.8 Å². The number of nitrogens with zero attached hydrogens (tertiary/aromatic N) is 5. The number of hydrogen-bond acceptors (Lipinski definition) is 6. The number of piperidine rings is 2. The summed E-state index contributed by atoms with van der Waals surface area (Å²) in [6.07, 6.45) is 7.94. The molecule has 4 rings (SSSR count). The molecule has 2 aliphatic rings. The highest BCUT2D eigenvalue weighted by molar-refractivity contribution is 7.88. The number of benzene rings is 1. The predicted octanol–water partition coefficient (Wildman–Crippen LogP) is 1.96. The molecule has 37 heavy (non-hydrogen) atoms. The van der Waals surface area contributed by atoms with Crippen LogP contribution in [-0.2, 0) is 32.6 Å². The van der Waals surface area contributed by atoms with E-state index in [0.29, 0.717) is 30.6 Å². The van der Waals surface area contributed by atoms with Crippen LogP contribution in [0.4, 0.5) is 0 Å². The fourth-order valence-corrected chi connectivity index (χ4v) is 6.65. The first kappa shape index (κ1) is 27.5. The molecule has 0 aliphatic carbocycles. The molecule has 0 saturated carbocycles. The van der Waals surface area contributed by atoms with Crippen LogP contribution in [-0.4, -0.2) is 83.3 Å². The Balaban J connectivity index is 1.48. The van der Waals surface area contributed by atoms with Crippen molar-refractivity contribution in [3.05, 3.63) is 47.5 Å². The summed E-state index contributed by atoms with van der Waals surface area (Å²) >= 11 is 5.99. The Morgan fingerprint density at radius 3 is 2.30 bits per heavy atom. The highest BCUT2D eigenvalue weighted by Crippen LogP contribution is 2.45. The maximum atomic E-state index is 13.6. The lowest BCUT2D eigenvalue weighted by Crippen LogP contribution is -2.55. The summed E-state index contributed by atoms with van der Waals surface area (Å²) in [5.41, 5.74) is 0.747. The molecule has 1 aromatic heterocycles. The SMILES string of the molecule is CC(=O)N1CCC(C2(Cn3cncn3)CCN(C(=O)[C@@H](Cc3ccc(Cl)cc3)NS(C)(=O)=O)CC2)CC1. The smallest absolute Gasteiger partial charge is 0.241 e. The number of rotatable bonds is 8. The molecule has 12 heteroatoms. The Labute approximate surface area is 223 Å². The molecule has 1 atom stereocenters. The van der Waals surface area contributed by atoms with Crippen LogP contribution in [0.2, 0.25) is 5.02 Å². The van der Waals surface area contributed by atoms with Crippen LogP contribution >= 0.6 is 11.6 Å². The van der Waals surface area contributed by atoms with E-state index in [-0.39, 0.29) is 23.7 Å². The molecule has 10 nitrogen and oxygen atoms in total. The highest BCUT2D eigenvalue weighted by atomic mass is 35.5. The molecule has 2 amide bonds. The van der Waals surface area contributed by atoms with Gasteiger partial charge in [0.15, 0.2) is 0 Å². The summed E-state index contributed by atoms with van der Waals surface area (Å²) in [4.78, 5) is 33.2. The standard InChI is InChI=1S/C25H35ClN6O4S/c1-19(33)30-11-7-21(8-12-30)25(16-32-18-27-17-28-32)9-13-31(14-10-25)24(34)23(29-37(2,35)36)15-20-3-5-22(26)6-4-20/h3-6,17-18,21,23,29H,7-16H2,1-2H3/t23-/m1/s1. The molecule has 0 bridgehead atoms. The molecule has 2 saturated heterocycles. The number of amides is 2. The third-order valence-corrected chi connectivity index (χ3v) is 8.79. The molecule has 202 valence electrons. The normalized spacial score (nSPS) is 19.5. The van der Waals surface area contributed by atoms with Gasteiger partial charge in [-0.05, 0) is 61.1 Å². The van der Waals surface area contributed by atoms with Gasteiger partial charge >= 0.3 is 0 Å². The van der Waals surface area contributed by atoms with Crippen LogP contribution in [0.1, 0.15) is 38.2 Å². The van der Waals surface area contributed by atoms with Crippen molar-refractivity contribution in [2.45, 2.75) is 51.6 Å². The minimum absolute atomic E-state index is 0.0801. The number of carbonyl (C=O) groups excluding carboxylic acids is 2. The van der Waals surface area contributed by atoms with Gasteiger partial charge < -0.3 is 9.80 Å². The van der Waals surface area contributed by atoms with Crippen LogP contribution in [0.3, 0.4) is 0 Å². The van der Waals surface area contributed by atoms with Crippen molar-refractivity contribution >= 4 is 33.4 Å². The quantitative estimate of drug-likeness (QED) is 0.537. The fraction of sp³-hybridized carbons (Fsp3) is 0.600. The van der Waals surface area contributed by atoms with E-state index in [2.05, 4.69) is 14.8 Å². The highest BCUT2D eigenvalue weighted by Gasteiger charge is 2.44. The maximum absolute atomic E-state index is 13.6. The summed E-state index contributed by atoms with van der Waals surface area (Å²) < 4.78 is 28.6. The molecule has 2 fully saturated rings. The Hall–Kier alpha value is -2.50. The van der Waals surface area contributed by atoms with Crippen molar-refractivity contribution in [2.75, 3.05) is 32.4 Å². The molecule has 0 unspecified atom stereocenters. The second-order valence-corrected chi connectivity index (χ2v) is 12.6. The number of likely N-dealkylation sites (tertiary alicyclic amines) is 2. The lowest BCUT2D eigenvalue weighted by atomic mass is 9.65. The Kier molecular flexibility index (Phi) is 8.55. The molecule has 2 aliphatic heterocycles. The van der Waals surface area contributed by atoms with Gasteiger partial charge in [0.25, 0.3) is 0 Å². The van der Waals surface area contributed by atoms with Gasteiger partial charge in [-0.15, -0.1) is 0 Å². The summed E-state index contributed by atoms with van der Waals surface area (Å²) in [5.74, 6) is 0.277. The van der Waals surface area contributed by atoms with Crippen LogP contribution in [0, 0.1) is 11.3 Å². The van der Waals surface area contributed by atoms with Crippen LogP contribution < -0.4 is 4.72 Å². The Morgan fingerprint density at radius 2 is 1.76 bits per heavy atom. The van der Waals surface area contributed by atoms with E-state index in [4.69, 9.17) is 11.6 Å². The third-order valence-electron chi connectivity index (χ3n) is 7.83. The molecule has 1 aromatic carbocycles. The van der Waals surface area contributed by atoms with E-state index >= 15 is 0 Å². The average Bonchev–Trinajstić information content (AvgIpc) is 3.37. The molecule has 0 spiro atoms. The molecule has 2 aromatic rings. The Bertz CT molecular complexity index is 1170. The van der Waals surface area contributed by atoms with E-state index in [0.717, 1.165) is 50.6 Å². The third kappa shape index (κ3) is 7.08. The lowest BCUT2D eigenvalue weighted by Gasteiger charge is -2.49.